The van der Waals surface area contributed by atoms with Crippen LogP contribution < -0.4 is 9.64 Å². The number of carbonyl (C=O) groups is 3. The molecule has 0 saturated carbocycles. The number of likely N-dealkylation sites (tertiary alicyclic amines) is 1. The highest BCUT2D eigenvalue weighted by molar-refractivity contribution is 5.95. The van der Waals surface area contributed by atoms with E-state index in [1.54, 1.807) is 34.1 Å². The first-order valence-corrected chi connectivity index (χ1v) is 11.1. The summed E-state index contributed by atoms with van der Waals surface area (Å²) in [5.41, 5.74) is 0.857. The Kier molecular flexibility index (Phi) is 6.65. The van der Waals surface area contributed by atoms with Gasteiger partial charge in [0.25, 0.3) is 11.8 Å². The lowest BCUT2D eigenvalue weighted by Crippen LogP contribution is -2.58. The lowest BCUT2D eigenvalue weighted by atomic mass is 9.80. The van der Waals surface area contributed by atoms with E-state index in [1.165, 1.54) is 0 Å². The maximum Gasteiger partial charge on any atom is 0.341 e. The van der Waals surface area contributed by atoms with Gasteiger partial charge in [-0.15, -0.1) is 0 Å². The zero-order chi connectivity index (χ0) is 23.4. The summed E-state index contributed by atoms with van der Waals surface area (Å²) in [6.45, 7) is 3.31. The van der Waals surface area contributed by atoms with E-state index in [0.717, 1.165) is 18.5 Å². The van der Waals surface area contributed by atoms with Crippen molar-refractivity contribution in [2.24, 2.45) is 5.92 Å². The molecule has 8 nitrogen and oxygen atoms in total. The minimum absolute atomic E-state index is 0.0451. The van der Waals surface area contributed by atoms with Gasteiger partial charge in [-0.2, -0.15) is 0 Å². The Hall–Kier alpha value is -3.39. The molecule has 0 aromatic heterocycles. The number of piperidine rings is 1. The molecule has 4 rings (SSSR count). The maximum absolute atomic E-state index is 13.0. The monoisotopic (exact) mass is 452 g/mol. The van der Waals surface area contributed by atoms with Crippen molar-refractivity contribution in [3.63, 3.8) is 0 Å². The summed E-state index contributed by atoms with van der Waals surface area (Å²) in [4.78, 5) is 39.8. The highest BCUT2D eigenvalue weighted by atomic mass is 16.5. The first kappa shape index (κ1) is 22.8. The number of anilines is 1. The second kappa shape index (κ2) is 9.62. The van der Waals surface area contributed by atoms with Gasteiger partial charge in [-0.3, -0.25) is 9.59 Å². The van der Waals surface area contributed by atoms with Gasteiger partial charge < -0.3 is 24.4 Å². The van der Waals surface area contributed by atoms with Crippen LogP contribution in [0.4, 0.5) is 5.69 Å². The average Bonchev–Trinajstić information content (AvgIpc) is 2.85. The van der Waals surface area contributed by atoms with Crippen molar-refractivity contribution in [1.82, 2.24) is 4.90 Å². The zero-order valence-corrected chi connectivity index (χ0v) is 18.6. The molecule has 2 aliphatic rings. The molecule has 0 spiro atoms. The summed E-state index contributed by atoms with van der Waals surface area (Å²) in [5.74, 6) is -0.654. The minimum atomic E-state index is -1.07. The fraction of sp³-hybridized carbons (Fsp3) is 0.400. The third-order valence-electron chi connectivity index (χ3n) is 6.46. The number of ether oxygens (including phenoxy) is 2. The Bertz CT molecular complexity index is 1020. The smallest absolute Gasteiger partial charge is 0.341 e. The molecular formula is C25H28N2O6. The number of benzene rings is 2. The van der Waals surface area contributed by atoms with E-state index in [-0.39, 0.29) is 24.3 Å². The number of hydrogen-bond acceptors (Lipinski definition) is 5. The molecule has 0 unspecified atom stereocenters. The predicted molar refractivity (Wildman–Crippen MR) is 121 cm³/mol. The molecule has 2 heterocycles. The van der Waals surface area contributed by atoms with E-state index in [1.807, 2.05) is 30.3 Å². The minimum Gasteiger partial charge on any atom is -0.482 e. The van der Waals surface area contributed by atoms with Gasteiger partial charge in [-0.25, -0.2) is 4.79 Å². The van der Waals surface area contributed by atoms with Gasteiger partial charge in [0, 0.05) is 24.3 Å². The fourth-order valence-corrected chi connectivity index (χ4v) is 4.58. The first-order chi connectivity index (χ1) is 15.9. The summed E-state index contributed by atoms with van der Waals surface area (Å²) in [7, 11) is 0. The Morgan fingerprint density at radius 1 is 1.12 bits per heavy atom. The maximum atomic E-state index is 13.0. The summed E-state index contributed by atoms with van der Waals surface area (Å²) in [6.07, 6.45) is 1.54. The number of carboxylic acid groups (broad SMARTS) is 1. The topological polar surface area (TPSA) is 96.4 Å². The molecule has 2 aromatic rings. The average molecular weight is 453 g/mol. The highest BCUT2D eigenvalue weighted by Gasteiger charge is 2.44. The number of hydrogen-bond donors (Lipinski definition) is 1. The van der Waals surface area contributed by atoms with Crippen LogP contribution in [-0.4, -0.2) is 66.2 Å². The quantitative estimate of drug-likeness (QED) is 0.724. The molecule has 0 radical (unpaired) electrons. The summed E-state index contributed by atoms with van der Waals surface area (Å²) in [6, 6.07) is 16.2. The van der Waals surface area contributed by atoms with Crippen molar-refractivity contribution in [1.29, 1.82) is 0 Å². The van der Waals surface area contributed by atoms with E-state index in [9.17, 15) is 14.4 Å². The van der Waals surface area contributed by atoms with Crippen LogP contribution in [0.2, 0.25) is 0 Å². The largest absolute Gasteiger partial charge is 0.482 e. The van der Waals surface area contributed by atoms with E-state index < -0.39 is 18.2 Å². The van der Waals surface area contributed by atoms with Crippen LogP contribution in [-0.2, 0) is 14.3 Å². The highest BCUT2D eigenvalue weighted by Crippen LogP contribution is 2.36. The number of amides is 2. The third-order valence-corrected chi connectivity index (χ3v) is 6.46. The molecule has 2 aromatic carbocycles. The molecular weight excluding hydrogens is 424 g/mol. The lowest BCUT2D eigenvalue weighted by molar-refractivity contribution is -0.145. The van der Waals surface area contributed by atoms with Gasteiger partial charge in [0.05, 0.1) is 12.1 Å². The van der Waals surface area contributed by atoms with Crippen molar-refractivity contribution >= 4 is 23.5 Å². The first-order valence-electron chi connectivity index (χ1n) is 11.1. The van der Waals surface area contributed by atoms with E-state index >= 15 is 0 Å². The van der Waals surface area contributed by atoms with Crippen molar-refractivity contribution in [2.75, 3.05) is 37.7 Å². The number of carbonyl (C=O) groups excluding carboxylic acids is 2. The lowest BCUT2D eigenvalue weighted by Gasteiger charge is -2.47. The van der Waals surface area contributed by atoms with Crippen LogP contribution in [0.1, 0.15) is 30.1 Å². The van der Waals surface area contributed by atoms with Crippen LogP contribution in [0.15, 0.2) is 54.6 Å². The standard InChI is InChI=1S/C25H28N2O6/c1-25(17-27(22(28)15-33-25)20-7-3-2-4-8-20)19-10-12-26(13-11-19)24(31)18-6-5-9-21(14-18)32-16-23(29)30/h2-9,14,19H,10-13,15-17H2,1H3,(H,29,30)/t25-/m1/s1. The SMILES string of the molecule is C[C@]1(C2CCN(C(=O)c3cccc(OCC(=O)O)c3)CC2)CN(c2ccccc2)C(=O)CO1. The van der Waals surface area contributed by atoms with Gasteiger partial charge in [-0.1, -0.05) is 24.3 Å². The number of carboxylic acids is 1. The Morgan fingerprint density at radius 2 is 1.85 bits per heavy atom. The Morgan fingerprint density at radius 3 is 2.55 bits per heavy atom. The molecule has 174 valence electrons. The van der Waals surface area contributed by atoms with Crippen molar-refractivity contribution in [3.8, 4) is 5.75 Å². The summed E-state index contributed by atoms with van der Waals surface area (Å²) < 4.78 is 11.2. The van der Waals surface area contributed by atoms with Crippen LogP contribution in [0.3, 0.4) is 0 Å². The molecule has 2 aliphatic heterocycles. The van der Waals surface area contributed by atoms with Gasteiger partial charge >= 0.3 is 5.97 Å². The molecule has 2 saturated heterocycles. The molecule has 0 bridgehead atoms. The second-order valence-corrected chi connectivity index (χ2v) is 8.69. The molecule has 0 aliphatic carbocycles. The van der Waals surface area contributed by atoms with Crippen LogP contribution in [0.25, 0.3) is 0 Å². The van der Waals surface area contributed by atoms with Gasteiger partial charge in [-0.05, 0) is 56.0 Å². The molecule has 1 atom stereocenters. The van der Waals surface area contributed by atoms with Gasteiger partial charge in [0.2, 0.25) is 0 Å². The van der Waals surface area contributed by atoms with E-state index in [4.69, 9.17) is 14.6 Å². The number of nitrogens with zero attached hydrogens (tertiary/aromatic N) is 2. The summed E-state index contributed by atoms with van der Waals surface area (Å²) in [5, 5.41) is 8.77. The van der Waals surface area contributed by atoms with Gasteiger partial charge in [0.15, 0.2) is 6.61 Å². The number of rotatable bonds is 6. The number of aliphatic carboxylic acids is 1. The zero-order valence-electron chi connectivity index (χ0n) is 18.6. The van der Waals surface area contributed by atoms with Gasteiger partial charge in [0.1, 0.15) is 12.4 Å². The predicted octanol–water partition coefficient (Wildman–Crippen LogP) is 2.82. The van der Waals surface area contributed by atoms with Crippen LogP contribution in [0, 0.1) is 5.92 Å². The Labute approximate surface area is 192 Å². The second-order valence-electron chi connectivity index (χ2n) is 8.69. The normalized spacial score (nSPS) is 21.7. The van der Waals surface area contributed by atoms with Crippen LogP contribution >= 0.6 is 0 Å². The van der Waals surface area contributed by atoms with Crippen molar-refractivity contribution in [2.45, 2.75) is 25.4 Å². The van der Waals surface area contributed by atoms with E-state index in [0.29, 0.717) is 30.9 Å². The molecule has 1 N–H and O–H groups in total. The molecule has 8 heteroatoms. The third kappa shape index (κ3) is 5.17. The molecule has 33 heavy (non-hydrogen) atoms. The van der Waals surface area contributed by atoms with Crippen LogP contribution in [0.5, 0.6) is 5.75 Å². The number of morpholine rings is 1. The Balaban J connectivity index is 1.38. The molecule has 2 fully saturated rings. The van der Waals surface area contributed by atoms with Crippen molar-refractivity contribution < 1.29 is 29.0 Å². The van der Waals surface area contributed by atoms with Crippen molar-refractivity contribution in [3.05, 3.63) is 60.2 Å². The fourth-order valence-electron chi connectivity index (χ4n) is 4.58. The summed E-state index contributed by atoms with van der Waals surface area (Å²) >= 11 is 0. The number of para-hydroxylation sites is 1. The van der Waals surface area contributed by atoms with E-state index in [2.05, 4.69) is 6.92 Å². The molecule has 2 amide bonds.